The van der Waals surface area contributed by atoms with E-state index < -0.39 is 11.9 Å². The molecule has 1 heterocycles. The van der Waals surface area contributed by atoms with Crippen molar-refractivity contribution in [1.29, 1.82) is 0 Å². The van der Waals surface area contributed by atoms with Gasteiger partial charge < -0.3 is 10.4 Å². The number of fused-ring (bicyclic) bond motifs is 1. The smallest absolute Gasteiger partial charge is 0.352 e. The molecular weight excluding hydrogens is 246 g/mol. The number of carboxylic acid groups (broad SMARTS) is 1. The number of aryl methyl sites for hydroxylation is 1. The Balaban J connectivity index is 2.47. The van der Waals surface area contributed by atoms with Crippen molar-refractivity contribution < 1.29 is 14.7 Å². The molecule has 1 aromatic heterocycles. The largest absolute Gasteiger partial charge is 0.477 e. The SMILES string of the molecule is CC(=O)N/C(=C\c1cc(C)c2[nH]ncc2c1)C(=O)O. The first-order valence-electron chi connectivity index (χ1n) is 5.63. The molecule has 0 saturated heterocycles. The fourth-order valence-electron chi connectivity index (χ4n) is 1.86. The van der Waals surface area contributed by atoms with E-state index in [2.05, 4.69) is 15.5 Å². The Morgan fingerprint density at radius 3 is 2.79 bits per heavy atom. The number of aliphatic carboxylic acids is 1. The molecule has 0 fully saturated rings. The summed E-state index contributed by atoms with van der Waals surface area (Å²) >= 11 is 0. The van der Waals surface area contributed by atoms with E-state index in [-0.39, 0.29) is 5.70 Å². The van der Waals surface area contributed by atoms with E-state index in [1.165, 1.54) is 13.0 Å². The van der Waals surface area contributed by atoms with Crippen LogP contribution >= 0.6 is 0 Å². The molecule has 6 nitrogen and oxygen atoms in total. The number of benzene rings is 1. The van der Waals surface area contributed by atoms with Gasteiger partial charge in [-0.3, -0.25) is 9.89 Å². The van der Waals surface area contributed by atoms with E-state index in [0.29, 0.717) is 5.56 Å². The number of H-pyrrole nitrogens is 1. The fraction of sp³-hybridized carbons (Fsp3) is 0.154. The van der Waals surface area contributed by atoms with Gasteiger partial charge in [0.1, 0.15) is 5.70 Å². The molecule has 0 radical (unpaired) electrons. The van der Waals surface area contributed by atoms with Crippen molar-refractivity contribution in [3.63, 3.8) is 0 Å². The highest BCUT2D eigenvalue weighted by Crippen LogP contribution is 2.19. The van der Waals surface area contributed by atoms with Crippen LogP contribution in [0.4, 0.5) is 0 Å². The normalized spacial score (nSPS) is 11.6. The number of amides is 1. The Morgan fingerprint density at radius 2 is 2.16 bits per heavy atom. The Bertz CT molecular complexity index is 685. The zero-order valence-corrected chi connectivity index (χ0v) is 10.5. The third kappa shape index (κ3) is 2.79. The quantitative estimate of drug-likeness (QED) is 0.727. The number of aromatic amines is 1. The predicted octanol–water partition coefficient (Wildman–Crippen LogP) is 1.43. The highest BCUT2D eigenvalue weighted by molar-refractivity contribution is 5.97. The van der Waals surface area contributed by atoms with Crippen LogP contribution in [0.25, 0.3) is 17.0 Å². The molecule has 1 aromatic carbocycles. The summed E-state index contributed by atoms with van der Waals surface area (Å²) in [4.78, 5) is 22.0. The van der Waals surface area contributed by atoms with Crippen LogP contribution in [0.2, 0.25) is 0 Å². The predicted molar refractivity (Wildman–Crippen MR) is 70.3 cm³/mol. The highest BCUT2D eigenvalue weighted by atomic mass is 16.4. The first kappa shape index (κ1) is 12.8. The summed E-state index contributed by atoms with van der Waals surface area (Å²) < 4.78 is 0. The minimum absolute atomic E-state index is 0.158. The summed E-state index contributed by atoms with van der Waals surface area (Å²) in [5, 5.41) is 19.0. The van der Waals surface area contributed by atoms with Gasteiger partial charge in [-0.15, -0.1) is 0 Å². The second kappa shape index (κ2) is 4.93. The summed E-state index contributed by atoms with van der Waals surface area (Å²) in [6.45, 7) is 3.16. The molecule has 1 amide bonds. The van der Waals surface area contributed by atoms with Crippen LogP contribution < -0.4 is 5.32 Å². The van der Waals surface area contributed by atoms with Crippen molar-refractivity contribution in [2.45, 2.75) is 13.8 Å². The second-order valence-corrected chi connectivity index (χ2v) is 4.22. The lowest BCUT2D eigenvalue weighted by molar-refractivity contribution is -0.134. The van der Waals surface area contributed by atoms with Gasteiger partial charge in [0.05, 0.1) is 11.7 Å². The van der Waals surface area contributed by atoms with Crippen LogP contribution in [0, 0.1) is 6.92 Å². The monoisotopic (exact) mass is 259 g/mol. The second-order valence-electron chi connectivity index (χ2n) is 4.22. The van der Waals surface area contributed by atoms with Gasteiger partial charge in [0.15, 0.2) is 0 Å². The third-order valence-electron chi connectivity index (χ3n) is 2.62. The number of aromatic nitrogens is 2. The Labute approximate surface area is 109 Å². The van der Waals surface area contributed by atoms with Gasteiger partial charge in [-0.2, -0.15) is 5.10 Å². The van der Waals surface area contributed by atoms with Gasteiger partial charge in [-0.25, -0.2) is 4.79 Å². The van der Waals surface area contributed by atoms with Crippen LogP contribution in [-0.4, -0.2) is 27.2 Å². The van der Waals surface area contributed by atoms with E-state index in [9.17, 15) is 9.59 Å². The van der Waals surface area contributed by atoms with Crippen LogP contribution in [0.1, 0.15) is 18.1 Å². The van der Waals surface area contributed by atoms with Crippen LogP contribution in [0.5, 0.6) is 0 Å². The molecule has 3 N–H and O–H groups in total. The third-order valence-corrected chi connectivity index (χ3v) is 2.62. The van der Waals surface area contributed by atoms with Gasteiger partial charge in [0, 0.05) is 12.3 Å². The lowest BCUT2D eigenvalue weighted by Crippen LogP contribution is -2.24. The first-order valence-corrected chi connectivity index (χ1v) is 5.63. The number of nitrogens with one attached hydrogen (secondary N) is 2. The highest BCUT2D eigenvalue weighted by Gasteiger charge is 2.09. The maximum atomic E-state index is 11.0. The van der Waals surface area contributed by atoms with E-state index in [0.717, 1.165) is 16.5 Å². The van der Waals surface area contributed by atoms with Gasteiger partial charge in [0.25, 0.3) is 0 Å². The number of hydrogen-bond donors (Lipinski definition) is 3. The fourth-order valence-corrected chi connectivity index (χ4v) is 1.86. The van der Waals surface area contributed by atoms with E-state index in [4.69, 9.17) is 5.11 Å². The number of carbonyl (C=O) groups is 2. The number of carboxylic acids is 1. The average Bonchev–Trinajstić information content (AvgIpc) is 2.76. The van der Waals surface area contributed by atoms with Gasteiger partial charge in [0.2, 0.25) is 5.91 Å². The van der Waals surface area contributed by atoms with Crippen molar-refractivity contribution in [3.05, 3.63) is 35.2 Å². The Morgan fingerprint density at radius 1 is 1.42 bits per heavy atom. The van der Waals surface area contributed by atoms with Crippen molar-refractivity contribution in [2.24, 2.45) is 0 Å². The number of rotatable bonds is 3. The van der Waals surface area contributed by atoms with E-state index in [1.807, 2.05) is 13.0 Å². The zero-order chi connectivity index (χ0) is 14.0. The molecule has 0 saturated carbocycles. The summed E-state index contributed by atoms with van der Waals surface area (Å²) in [7, 11) is 0. The minimum atomic E-state index is -1.18. The molecule has 2 aromatic rings. The molecule has 0 aliphatic carbocycles. The molecule has 0 bridgehead atoms. The summed E-state index contributed by atoms with van der Waals surface area (Å²) in [6, 6.07) is 3.63. The molecule has 2 rings (SSSR count). The van der Waals surface area contributed by atoms with E-state index in [1.54, 1.807) is 12.3 Å². The number of hydrogen-bond acceptors (Lipinski definition) is 3. The molecule has 0 spiro atoms. The summed E-state index contributed by atoms with van der Waals surface area (Å²) in [6.07, 6.45) is 3.09. The Hall–Kier alpha value is -2.63. The van der Waals surface area contributed by atoms with Crippen molar-refractivity contribution in [1.82, 2.24) is 15.5 Å². The van der Waals surface area contributed by atoms with Crippen LogP contribution in [0.3, 0.4) is 0 Å². The maximum Gasteiger partial charge on any atom is 0.352 e. The van der Waals surface area contributed by atoms with Gasteiger partial charge in [-0.05, 0) is 36.3 Å². The molecule has 98 valence electrons. The lowest BCUT2D eigenvalue weighted by Gasteiger charge is -2.04. The van der Waals surface area contributed by atoms with Crippen molar-refractivity contribution >= 4 is 28.9 Å². The molecule has 19 heavy (non-hydrogen) atoms. The molecule has 0 unspecified atom stereocenters. The van der Waals surface area contributed by atoms with E-state index >= 15 is 0 Å². The molecule has 0 aliphatic heterocycles. The topological polar surface area (TPSA) is 95.1 Å². The maximum absolute atomic E-state index is 11.0. The Kier molecular flexibility index (Phi) is 3.33. The van der Waals surface area contributed by atoms with Crippen LogP contribution in [-0.2, 0) is 9.59 Å². The molecule has 0 atom stereocenters. The lowest BCUT2D eigenvalue weighted by atomic mass is 10.1. The summed E-state index contributed by atoms with van der Waals surface area (Å²) in [5.41, 5.74) is 2.40. The van der Waals surface area contributed by atoms with Crippen LogP contribution in [0.15, 0.2) is 24.0 Å². The zero-order valence-electron chi connectivity index (χ0n) is 10.5. The number of carbonyl (C=O) groups excluding carboxylic acids is 1. The first-order chi connectivity index (χ1) is 8.97. The molecule has 6 heteroatoms. The average molecular weight is 259 g/mol. The van der Waals surface area contributed by atoms with Crippen molar-refractivity contribution in [2.75, 3.05) is 0 Å². The molecule has 0 aliphatic rings. The number of nitrogens with zero attached hydrogens (tertiary/aromatic N) is 1. The van der Waals surface area contributed by atoms with Crippen molar-refractivity contribution in [3.8, 4) is 0 Å². The minimum Gasteiger partial charge on any atom is -0.477 e. The van der Waals surface area contributed by atoms with Gasteiger partial charge >= 0.3 is 5.97 Å². The van der Waals surface area contributed by atoms with Gasteiger partial charge in [-0.1, -0.05) is 0 Å². The molecular formula is C13H13N3O3. The standard InChI is InChI=1S/C13H13N3O3/c1-7-3-9(4-10-6-14-16-12(7)10)5-11(13(18)19)15-8(2)17/h3-6H,1-2H3,(H,14,16)(H,15,17)(H,18,19)/b11-5-. The summed E-state index contributed by atoms with van der Waals surface area (Å²) in [5.74, 6) is -1.60.